The summed E-state index contributed by atoms with van der Waals surface area (Å²) in [6.07, 6.45) is 4.87. The van der Waals surface area contributed by atoms with Gasteiger partial charge in [-0.15, -0.1) is 0 Å². The Morgan fingerprint density at radius 3 is 2.48 bits per heavy atom. The lowest BCUT2D eigenvalue weighted by Gasteiger charge is -2.06. The molecule has 0 bridgehead atoms. The van der Waals surface area contributed by atoms with E-state index in [0.29, 0.717) is 11.1 Å². The van der Waals surface area contributed by atoms with Gasteiger partial charge < -0.3 is 4.42 Å². The van der Waals surface area contributed by atoms with E-state index in [-0.39, 0.29) is 5.78 Å². The summed E-state index contributed by atoms with van der Waals surface area (Å²) >= 11 is 0. The van der Waals surface area contributed by atoms with Gasteiger partial charge in [-0.3, -0.25) is 9.78 Å². The van der Waals surface area contributed by atoms with Gasteiger partial charge >= 0.3 is 5.63 Å². The SMILES string of the molecule is O=C(C=Cc1ccccn1)c1ccc(-c2cc(=O)oc3ccccc23)cc1. The summed E-state index contributed by atoms with van der Waals surface area (Å²) in [5, 5.41) is 0.853. The highest BCUT2D eigenvalue weighted by molar-refractivity contribution is 6.07. The second-order valence-corrected chi connectivity index (χ2v) is 6.00. The number of carbonyl (C=O) groups is 1. The van der Waals surface area contributed by atoms with Gasteiger partial charge in [-0.25, -0.2) is 4.79 Å². The van der Waals surface area contributed by atoms with Gasteiger partial charge in [0.1, 0.15) is 5.58 Å². The number of hydrogen-bond donors (Lipinski definition) is 0. The Hall–Kier alpha value is -3.79. The summed E-state index contributed by atoms with van der Waals surface area (Å²) in [5.74, 6) is -0.107. The van der Waals surface area contributed by atoms with Gasteiger partial charge in [-0.1, -0.05) is 48.5 Å². The monoisotopic (exact) mass is 353 g/mol. The molecule has 0 saturated carbocycles. The lowest BCUT2D eigenvalue weighted by atomic mass is 9.99. The van der Waals surface area contributed by atoms with Crippen molar-refractivity contribution in [1.29, 1.82) is 0 Å². The standard InChI is InChI=1S/C23H15NO3/c25-21(13-12-18-5-3-4-14-24-18)17-10-8-16(9-11-17)20-15-23(26)27-22-7-2-1-6-19(20)22/h1-15H. The number of aromatic nitrogens is 1. The molecule has 2 aromatic heterocycles. The molecule has 130 valence electrons. The smallest absolute Gasteiger partial charge is 0.336 e. The number of allylic oxidation sites excluding steroid dienone is 1. The van der Waals surface area contributed by atoms with E-state index in [9.17, 15) is 9.59 Å². The number of pyridine rings is 1. The van der Waals surface area contributed by atoms with Crippen LogP contribution in [-0.2, 0) is 0 Å². The third kappa shape index (κ3) is 3.60. The van der Waals surface area contributed by atoms with Gasteiger partial charge in [0.05, 0.1) is 5.69 Å². The fourth-order valence-corrected chi connectivity index (χ4v) is 2.90. The van der Waals surface area contributed by atoms with Crippen LogP contribution < -0.4 is 5.63 Å². The van der Waals surface area contributed by atoms with Crippen molar-refractivity contribution in [1.82, 2.24) is 4.98 Å². The summed E-state index contributed by atoms with van der Waals surface area (Å²) in [5.41, 5.74) is 3.07. The molecule has 0 fully saturated rings. The van der Waals surface area contributed by atoms with Gasteiger partial charge in [-0.2, -0.15) is 0 Å². The molecule has 0 saturated heterocycles. The first-order valence-electron chi connectivity index (χ1n) is 8.47. The molecule has 0 N–H and O–H groups in total. The fraction of sp³-hybridized carbons (Fsp3) is 0. The molecular weight excluding hydrogens is 338 g/mol. The Balaban J connectivity index is 1.64. The molecule has 4 aromatic rings. The Morgan fingerprint density at radius 1 is 0.926 bits per heavy atom. The summed E-state index contributed by atoms with van der Waals surface area (Å²) in [6, 6.07) is 21.6. The van der Waals surface area contributed by atoms with Crippen LogP contribution in [0.4, 0.5) is 0 Å². The third-order valence-corrected chi connectivity index (χ3v) is 4.22. The number of benzene rings is 2. The average molecular weight is 353 g/mol. The maximum absolute atomic E-state index is 12.4. The van der Waals surface area contributed by atoms with Crippen LogP contribution in [0.3, 0.4) is 0 Å². The first-order valence-corrected chi connectivity index (χ1v) is 8.47. The Morgan fingerprint density at radius 2 is 1.70 bits per heavy atom. The quantitative estimate of drug-likeness (QED) is 0.302. The van der Waals surface area contributed by atoms with Gasteiger partial charge in [0.2, 0.25) is 0 Å². The fourth-order valence-electron chi connectivity index (χ4n) is 2.90. The molecule has 0 aliphatic carbocycles. The van der Waals surface area contributed by atoms with Crippen LogP contribution in [0.1, 0.15) is 16.1 Å². The van der Waals surface area contributed by atoms with Crippen molar-refractivity contribution in [2.75, 3.05) is 0 Å². The van der Waals surface area contributed by atoms with Gasteiger partial charge in [0.15, 0.2) is 5.78 Å². The largest absolute Gasteiger partial charge is 0.423 e. The minimum Gasteiger partial charge on any atom is -0.423 e. The highest BCUT2D eigenvalue weighted by Crippen LogP contribution is 2.27. The topological polar surface area (TPSA) is 60.2 Å². The van der Waals surface area contributed by atoms with Crippen LogP contribution in [-0.4, -0.2) is 10.8 Å². The number of nitrogens with zero attached hydrogens (tertiary/aromatic N) is 1. The normalized spacial score (nSPS) is 11.1. The highest BCUT2D eigenvalue weighted by Gasteiger charge is 2.08. The number of hydrogen-bond acceptors (Lipinski definition) is 4. The molecule has 2 aromatic carbocycles. The Labute approximate surface area is 155 Å². The van der Waals surface area contributed by atoms with E-state index in [1.165, 1.54) is 12.1 Å². The van der Waals surface area contributed by atoms with Gasteiger partial charge in [0, 0.05) is 23.2 Å². The summed E-state index contributed by atoms with van der Waals surface area (Å²) in [7, 11) is 0. The van der Waals surface area contributed by atoms with Crippen molar-refractivity contribution in [2.24, 2.45) is 0 Å². The summed E-state index contributed by atoms with van der Waals surface area (Å²) in [6.45, 7) is 0. The molecule has 0 radical (unpaired) electrons. The van der Waals surface area contributed by atoms with Gasteiger partial charge in [-0.05, 0) is 41.5 Å². The zero-order valence-electron chi connectivity index (χ0n) is 14.3. The summed E-state index contributed by atoms with van der Waals surface area (Å²) in [4.78, 5) is 28.3. The number of carbonyl (C=O) groups excluding carboxylic acids is 1. The van der Waals surface area contributed by atoms with Crippen LogP contribution >= 0.6 is 0 Å². The van der Waals surface area contributed by atoms with E-state index in [1.807, 2.05) is 48.5 Å². The van der Waals surface area contributed by atoms with Crippen molar-refractivity contribution in [2.45, 2.75) is 0 Å². The first kappa shape index (κ1) is 16.7. The summed E-state index contributed by atoms with van der Waals surface area (Å²) < 4.78 is 5.24. The lowest BCUT2D eigenvalue weighted by Crippen LogP contribution is -1.98. The molecular formula is C23H15NO3. The van der Waals surface area contributed by atoms with Gasteiger partial charge in [0.25, 0.3) is 0 Å². The molecule has 4 heteroatoms. The zero-order chi connectivity index (χ0) is 18.6. The molecule has 0 aliphatic heterocycles. The van der Waals surface area contributed by atoms with Crippen LogP contribution in [0.5, 0.6) is 0 Å². The van der Waals surface area contributed by atoms with Crippen molar-refractivity contribution in [3.63, 3.8) is 0 Å². The second kappa shape index (κ2) is 7.22. The van der Waals surface area contributed by atoms with Crippen molar-refractivity contribution in [3.05, 3.63) is 107 Å². The minimum absolute atomic E-state index is 0.107. The molecule has 0 atom stereocenters. The second-order valence-electron chi connectivity index (χ2n) is 6.00. The average Bonchev–Trinajstić information content (AvgIpc) is 2.72. The number of para-hydroxylation sites is 1. The van der Waals surface area contributed by atoms with E-state index in [0.717, 1.165) is 22.2 Å². The maximum Gasteiger partial charge on any atom is 0.336 e. The zero-order valence-corrected chi connectivity index (χ0v) is 14.3. The van der Waals surface area contributed by atoms with E-state index in [2.05, 4.69) is 4.98 Å². The number of ketones is 1. The Bertz CT molecular complexity index is 1190. The van der Waals surface area contributed by atoms with Crippen molar-refractivity contribution < 1.29 is 9.21 Å². The van der Waals surface area contributed by atoms with E-state index in [1.54, 1.807) is 30.5 Å². The molecule has 0 unspecified atom stereocenters. The predicted molar refractivity (Wildman–Crippen MR) is 106 cm³/mol. The molecule has 4 nitrogen and oxygen atoms in total. The van der Waals surface area contributed by atoms with Crippen LogP contribution in [0.2, 0.25) is 0 Å². The molecule has 0 amide bonds. The van der Waals surface area contributed by atoms with E-state index < -0.39 is 5.63 Å². The van der Waals surface area contributed by atoms with Crippen molar-refractivity contribution >= 4 is 22.8 Å². The minimum atomic E-state index is -0.401. The third-order valence-electron chi connectivity index (χ3n) is 4.22. The predicted octanol–water partition coefficient (Wildman–Crippen LogP) is 4.75. The van der Waals surface area contributed by atoms with Crippen LogP contribution in [0.15, 0.2) is 94.3 Å². The molecule has 4 rings (SSSR count). The lowest BCUT2D eigenvalue weighted by molar-refractivity contribution is 0.104. The molecule has 0 aliphatic rings. The number of fused-ring (bicyclic) bond motifs is 1. The van der Waals surface area contributed by atoms with E-state index >= 15 is 0 Å². The first-order chi connectivity index (χ1) is 13.2. The van der Waals surface area contributed by atoms with Crippen LogP contribution in [0, 0.1) is 0 Å². The molecule has 27 heavy (non-hydrogen) atoms. The Kier molecular flexibility index (Phi) is 4.45. The molecule has 0 spiro atoms. The highest BCUT2D eigenvalue weighted by atomic mass is 16.4. The van der Waals surface area contributed by atoms with Crippen molar-refractivity contribution in [3.8, 4) is 11.1 Å². The molecule has 2 heterocycles. The van der Waals surface area contributed by atoms with Crippen LogP contribution in [0.25, 0.3) is 28.2 Å². The van der Waals surface area contributed by atoms with E-state index in [4.69, 9.17) is 4.42 Å². The maximum atomic E-state index is 12.4. The number of rotatable bonds is 4.